The van der Waals surface area contributed by atoms with Crippen LogP contribution < -0.4 is 0 Å². The summed E-state index contributed by atoms with van der Waals surface area (Å²) < 4.78 is 0. The van der Waals surface area contributed by atoms with Crippen LogP contribution in [0.25, 0.3) is 5.57 Å². The molecular formula is C37H42O3. The van der Waals surface area contributed by atoms with Crippen LogP contribution in [0.5, 0.6) is 0 Å². The van der Waals surface area contributed by atoms with Gasteiger partial charge in [-0.05, 0) is 107 Å². The van der Waals surface area contributed by atoms with E-state index in [1.807, 2.05) is 34.6 Å². The van der Waals surface area contributed by atoms with Gasteiger partial charge in [-0.15, -0.1) is 0 Å². The van der Waals surface area contributed by atoms with Gasteiger partial charge in [-0.3, -0.25) is 14.4 Å². The molecule has 0 spiro atoms. The van der Waals surface area contributed by atoms with Crippen molar-refractivity contribution in [2.45, 2.75) is 87.5 Å². The molecule has 0 aliphatic heterocycles. The molecule has 3 heteroatoms. The Morgan fingerprint density at radius 1 is 0.900 bits per heavy atom. The van der Waals surface area contributed by atoms with Gasteiger partial charge < -0.3 is 0 Å². The molecule has 3 nitrogen and oxygen atoms in total. The van der Waals surface area contributed by atoms with E-state index in [1.54, 1.807) is 0 Å². The highest BCUT2D eigenvalue weighted by atomic mass is 16.2. The second-order valence-electron chi connectivity index (χ2n) is 13.5. The molecular weight excluding hydrogens is 492 g/mol. The third-order valence-electron chi connectivity index (χ3n) is 10.6. The van der Waals surface area contributed by atoms with Crippen molar-refractivity contribution < 1.29 is 14.4 Å². The van der Waals surface area contributed by atoms with Gasteiger partial charge in [0.15, 0.2) is 17.3 Å². The average molecular weight is 535 g/mol. The Balaban J connectivity index is 1.59. The minimum absolute atomic E-state index is 0.0677. The molecule has 208 valence electrons. The molecule has 0 fully saturated rings. The molecule has 3 unspecified atom stereocenters. The molecule has 2 aromatic carbocycles. The molecule has 40 heavy (non-hydrogen) atoms. The molecule has 0 saturated carbocycles. The maximum atomic E-state index is 14.5. The number of rotatable bonds is 5. The summed E-state index contributed by atoms with van der Waals surface area (Å²) in [5, 5.41) is 0. The maximum Gasteiger partial charge on any atom is 0.190 e. The Labute approximate surface area is 239 Å². The van der Waals surface area contributed by atoms with Gasteiger partial charge in [0.2, 0.25) is 0 Å². The Bertz CT molecular complexity index is 1560. The van der Waals surface area contributed by atoms with Crippen molar-refractivity contribution in [2.75, 3.05) is 0 Å². The maximum absolute atomic E-state index is 14.5. The summed E-state index contributed by atoms with van der Waals surface area (Å²) in [7, 11) is 0. The van der Waals surface area contributed by atoms with Gasteiger partial charge in [0, 0.05) is 16.6 Å². The van der Waals surface area contributed by atoms with Crippen molar-refractivity contribution in [1.82, 2.24) is 0 Å². The lowest BCUT2D eigenvalue weighted by molar-refractivity contribution is -0.134. The van der Waals surface area contributed by atoms with Crippen LogP contribution in [0.4, 0.5) is 0 Å². The van der Waals surface area contributed by atoms with Crippen molar-refractivity contribution >= 4 is 22.9 Å². The van der Waals surface area contributed by atoms with Crippen LogP contribution >= 0.6 is 0 Å². The molecule has 0 N–H and O–H groups in total. The first-order valence-electron chi connectivity index (χ1n) is 14.5. The minimum atomic E-state index is -0.878. The number of carbonyl (C=O) groups is 3. The Morgan fingerprint density at radius 2 is 1.55 bits per heavy atom. The molecule has 3 aliphatic carbocycles. The third kappa shape index (κ3) is 3.96. The normalized spacial score (nSPS) is 27.8. The van der Waals surface area contributed by atoms with E-state index < -0.39 is 5.41 Å². The van der Waals surface area contributed by atoms with Crippen LogP contribution in [-0.2, 0) is 28.9 Å². The molecule has 0 aromatic heterocycles. The number of allylic oxidation sites excluding steroid dienone is 5. The summed E-state index contributed by atoms with van der Waals surface area (Å²) in [6.45, 7) is 19.9. The van der Waals surface area contributed by atoms with Gasteiger partial charge >= 0.3 is 0 Å². The molecule has 2 aromatic rings. The molecule has 0 heterocycles. The summed E-state index contributed by atoms with van der Waals surface area (Å²) in [6.07, 6.45) is 3.98. The number of hydrogen-bond acceptors (Lipinski definition) is 3. The minimum Gasteiger partial charge on any atom is -0.294 e. The molecule has 0 radical (unpaired) electrons. The largest absolute Gasteiger partial charge is 0.294 e. The van der Waals surface area contributed by atoms with Crippen LogP contribution in [0.1, 0.15) is 99.5 Å². The fourth-order valence-electron chi connectivity index (χ4n) is 8.45. The fraction of sp³-hybridized carbons (Fsp3) is 0.432. The Morgan fingerprint density at radius 3 is 2.15 bits per heavy atom. The number of benzene rings is 2. The predicted molar refractivity (Wildman–Crippen MR) is 162 cm³/mol. The Kier molecular flexibility index (Phi) is 6.60. The molecule has 3 aliphatic rings. The van der Waals surface area contributed by atoms with Crippen molar-refractivity contribution in [3.05, 3.63) is 98.7 Å². The summed E-state index contributed by atoms with van der Waals surface area (Å²) in [4.78, 5) is 41.1. The van der Waals surface area contributed by atoms with Crippen LogP contribution in [-0.4, -0.2) is 17.3 Å². The van der Waals surface area contributed by atoms with Crippen molar-refractivity contribution in [2.24, 2.45) is 16.2 Å². The van der Waals surface area contributed by atoms with Crippen molar-refractivity contribution in [3.8, 4) is 0 Å². The van der Waals surface area contributed by atoms with E-state index in [2.05, 4.69) is 56.8 Å². The van der Waals surface area contributed by atoms with Gasteiger partial charge in [-0.1, -0.05) is 73.5 Å². The van der Waals surface area contributed by atoms with Gasteiger partial charge in [0.1, 0.15) is 0 Å². The standard InChI is InChI=1S/C37H42O3/c1-21(2)27-15-11-26(12-16-27)13-17-28-14-10-22(3)31-29(28)19-35(7)20-36(8)18-23(4)30(25(6)38)34(40)37(36,9)24(5)32(35)33(31)39/h10-12,14-16H,1,13,17-20H2,2-9H3. The second kappa shape index (κ2) is 9.36. The highest BCUT2D eigenvalue weighted by Crippen LogP contribution is 2.66. The number of Topliss-reactive ketones (excluding diaryl/α,β-unsaturated/α-hetero) is 3. The van der Waals surface area contributed by atoms with E-state index in [9.17, 15) is 14.4 Å². The first kappa shape index (κ1) is 28.2. The second-order valence-corrected chi connectivity index (χ2v) is 13.5. The van der Waals surface area contributed by atoms with E-state index in [0.29, 0.717) is 12.0 Å². The monoisotopic (exact) mass is 534 g/mol. The number of fused-ring (bicyclic) bond motifs is 3. The van der Waals surface area contributed by atoms with Crippen LogP contribution in [0, 0.1) is 23.2 Å². The number of ketones is 3. The average Bonchev–Trinajstić information content (AvgIpc) is 2.85. The first-order valence-corrected chi connectivity index (χ1v) is 14.5. The zero-order valence-electron chi connectivity index (χ0n) is 25.4. The highest BCUT2D eigenvalue weighted by molar-refractivity contribution is 6.24. The van der Waals surface area contributed by atoms with E-state index in [4.69, 9.17) is 0 Å². The number of carbonyl (C=O) groups excluding carboxylic acids is 3. The smallest absolute Gasteiger partial charge is 0.190 e. The lowest BCUT2D eigenvalue weighted by Crippen LogP contribution is -2.57. The molecule has 0 saturated heterocycles. The zero-order valence-corrected chi connectivity index (χ0v) is 25.4. The molecule has 5 rings (SSSR count). The van der Waals surface area contributed by atoms with E-state index in [-0.39, 0.29) is 28.2 Å². The van der Waals surface area contributed by atoms with Gasteiger partial charge in [-0.25, -0.2) is 0 Å². The summed E-state index contributed by atoms with van der Waals surface area (Å²) in [5.41, 5.74) is 8.96. The van der Waals surface area contributed by atoms with E-state index in [0.717, 1.165) is 64.7 Å². The molecule has 0 bridgehead atoms. The van der Waals surface area contributed by atoms with Gasteiger partial charge in [-0.2, -0.15) is 0 Å². The zero-order chi connectivity index (χ0) is 29.4. The summed E-state index contributed by atoms with van der Waals surface area (Å²) >= 11 is 0. The SMILES string of the molecule is C=C(C)c1ccc(CCc2ccc(C)c3c2CC2(C)CC4(C)CC(C)=C(C(C)=O)C(=O)C4(C)C(C)=C2C3=O)cc1. The topological polar surface area (TPSA) is 51.2 Å². The number of aryl methyl sites for hydroxylation is 3. The van der Waals surface area contributed by atoms with Crippen molar-refractivity contribution in [1.29, 1.82) is 0 Å². The first-order chi connectivity index (χ1) is 18.6. The fourth-order valence-corrected chi connectivity index (χ4v) is 8.45. The number of hydrogen-bond donors (Lipinski definition) is 0. The molecule has 3 atom stereocenters. The molecule has 0 amide bonds. The third-order valence-corrected chi connectivity index (χ3v) is 10.6. The quantitative estimate of drug-likeness (QED) is 0.364. The van der Waals surface area contributed by atoms with Crippen LogP contribution in [0.3, 0.4) is 0 Å². The van der Waals surface area contributed by atoms with Crippen molar-refractivity contribution in [3.63, 3.8) is 0 Å². The lowest BCUT2D eigenvalue weighted by atomic mass is 9.42. The van der Waals surface area contributed by atoms with E-state index >= 15 is 0 Å². The summed E-state index contributed by atoms with van der Waals surface area (Å²) in [5.74, 6) is -0.217. The highest BCUT2D eigenvalue weighted by Gasteiger charge is 2.63. The van der Waals surface area contributed by atoms with Gasteiger partial charge in [0.25, 0.3) is 0 Å². The van der Waals surface area contributed by atoms with Crippen LogP contribution in [0.2, 0.25) is 0 Å². The predicted octanol–water partition coefficient (Wildman–Crippen LogP) is 8.17. The van der Waals surface area contributed by atoms with Gasteiger partial charge in [0.05, 0.1) is 11.0 Å². The van der Waals surface area contributed by atoms with Crippen LogP contribution in [0.15, 0.2) is 65.3 Å². The summed E-state index contributed by atoms with van der Waals surface area (Å²) in [6, 6.07) is 12.9. The lowest BCUT2D eigenvalue weighted by Gasteiger charge is -2.59. The Hall–Kier alpha value is -3.33. The van der Waals surface area contributed by atoms with E-state index in [1.165, 1.54) is 23.6 Å².